The molecule has 1 aliphatic heterocycles. The fourth-order valence-electron chi connectivity index (χ4n) is 4.19. The number of hydrogen-bond donors (Lipinski definition) is 4. The molecule has 0 fully saturated rings. The van der Waals surface area contributed by atoms with Gasteiger partial charge in [0.05, 0.1) is 11.0 Å². The standard InChI is InChI=1S/C25H26N6O2/c1-25(2)14-27-13-15-10-16(4-6-19(15)25)29-24-30-20-7-5-17(11-21(20)31-24)33-18-8-9-28-22(12-18)23(32)26-3/h4-12,27H,13-14H2,1-3H3,(H,26,32)(H2,29,30,31). The van der Waals surface area contributed by atoms with Gasteiger partial charge in [0.1, 0.15) is 17.2 Å². The number of carbonyl (C=O) groups excluding carboxylic acids is 1. The van der Waals surface area contributed by atoms with E-state index in [0.29, 0.717) is 23.1 Å². The Kier molecular flexibility index (Phi) is 5.22. The lowest BCUT2D eigenvalue weighted by atomic mass is 9.79. The normalized spacial score (nSPS) is 14.5. The summed E-state index contributed by atoms with van der Waals surface area (Å²) in [6, 6.07) is 15.4. The molecule has 0 unspecified atom stereocenters. The first-order valence-electron chi connectivity index (χ1n) is 10.9. The Morgan fingerprint density at radius 2 is 1.94 bits per heavy atom. The molecule has 5 rings (SSSR count). The number of nitrogens with one attached hydrogen (secondary N) is 4. The molecule has 1 amide bonds. The predicted molar refractivity (Wildman–Crippen MR) is 128 cm³/mol. The summed E-state index contributed by atoms with van der Waals surface area (Å²) in [4.78, 5) is 23.8. The maximum absolute atomic E-state index is 11.8. The van der Waals surface area contributed by atoms with Crippen molar-refractivity contribution in [2.24, 2.45) is 0 Å². The molecule has 0 aliphatic carbocycles. The van der Waals surface area contributed by atoms with E-state index in [2.05, 4.69) is 62.9 Å². The Labute approximate surface area is 191 Å². The van der Waals surface area contributed by atoms with E-state index in [1.807, 2.05) is 18.2 Å². The van der Waals surface area contributed by atoms with Crippen LogP contribution in [0.1, 0.15) is 35.5 Å². The van der Waals surface area contributed by atoms with Crippen molar-refractivity contribution in [2.45, 2.75) is 25.8 Å². The van der Waals surface area contributed by atoms with Gasteiger partial charge in [0.15, 0.2) is 0 Å². The van der Waals surface area contributed by atoms with Gasteiger partial charge in [-0.15, -0.1) is 0 Å². The number of aromatic nitrogens is 3. The first-order chi connectivity index (χ1) is 15.9. The van der Waals surface area contributed by atoms with Crippen LogP contribution >= 0.6 is 0 Å². The van der Waals surface area contributed by atoms with Gasteiger partial charge in [-0.3, -0.25) is 9.78 Å². The van der Waals surface area contributed by atoms with E-state index in [0.717, 1.165) is 29.8 Å². The molecule has 4 N–H and O–H groups in total. The van der Waals surface area contributed by atoms with Crippen LogP contribution in [0.15, 0.2) is 54.7 Å². The number of anilines is 2. The number of carbonyl (C=O) groups is 1. The quantitative estimate of drug-likeness (QED) is 0.369. The van der Waals surface area contributed by atoms with Crippen molar-refractivity contribution in [3.05, 3.63) is 71.5 Å². The molecule has 0 spiro atoms. The molecular weight excluding hydrogens is 416 g/mol. The molecule has 4 aromatic rings. The average Bonchev–Trinajstić information content (AvgIpc) is 3.20. The monoisotopic (exact) mass is 442 g/mol. The van der Waals surface area contributed by atoms with Gasteiger partial charge in [0.2, 0.25) is 5.95 Å². The molecule has 0 atom stereocenters. The van der Waals surface area contributed by atoms with Crippen molar-refractivity contribution in [3.63, 3.8) is 0 Å². The van der Waals surface area contributed by atoms with Crippen molar-refractivity contribution in [1.29, 1.82) is 0 Å². The second kappa shape index (κ2) is 8.22. The van der Waals surface area contributed by atoms with Crippen LogP contribution in [0.3, 0.4) is 0 Å². The number of H-pyrrole nitrogens is 1. The highest BCUT2D eigenvalue weighted by Gasteiger charge is 2.27. The van der Waals surface area contributed by atoms with Gasteiger partial charge in [0.25, 0.3) is 5.91 Å². The Balaban J connectivity index is 1.35. The number of imidazole rings is 1. The highest BCUT2D eigenvalue weighted by Crippen LogP contribution is 2.32. The Morgan fingerprint density at radius 3 is 2.79 bits per heavy atom. The van der Waals surface area contributed by atoms with Crippen LogP contribution in [0.2, 0.25) is 0 Å². The van der Waals surface area contributed by atoms with Crippen molar-refractivity contribution in [3.8, 4) is 11.5 Å². The summed E-state index contributed by atoms with van der Waals surface area (Å²) in [5.41, 5.74) is 5.76. The van der Waals surface area contributed by atoms with E-state index < -0.39 is 0 Å². The topological polar surface area (TPSA) is 104 Å². The minimum absolute atomic E-state index is 0.123. The van der Waals surface area contributed by atoms with Gasteiger partial charge < -0.3 is 25.7 Å². The zero-order chi connectivity index (χ0) is 23.0. The molecule has 3 heterocycles. The first-order valence-corrected chi connectivity index (χ1v) is 10.9. The van der Waals surface area contributed by atoms with E-state index in [9.17, 15) is 4.79 Å². The van der Waals surface area contributed by atoms with Crippen LogP contribution in [-0.4, -0.2) is 34.5 Å². The molecular formula is C25H26N6O2. The first kappa shape index (κ1) is 21.0. The maximum atomic E-state index is 11.8. The highest BCUT2D eigenvalue weighted by molar-refractivity contribution is 5.92. The molecule has 33 heavy (non-hydrogen) atoms. The summed E-state index contributed by atoms with van der Waals surface area (Å²) in [5, 5.41) is 9.43. The number of pyridine rings is 1. The number of nitrogens with zero attached hydrogens (tertiary/aromatic N) is 2. The molecule has 8 nitrogen and oxygen atoms in total. The van der Waals surface area contributed by atoms with Crippen LogP contribution in [0.5, 0.6) is 11.5 Å². The molecule has 1 aliphatic rings. The molecule has 0 saturated heterocycles. The van der Waals surface area contributed by atoms with Crippen LogP contribution in [0.25, 0.3) is 11.0 Å². The maximum Gasteiger partial charge on any atom is 0.269 e. The zero-order valence-electron chi connectivity index (χ0n) is 18.8. The molecule has 168 valence electrons. The number of amides is 1. The van der Waals surface area contributed by atoms with Gasteiger partial charge >= 0.3 is 0 Å². The second-order valence-corrected chi connectivity index (χ2v) is 8.81. The van der Waals surface area contributed by atoms with Gasteiger partial charge in [-0.2, -0.15) is 0 Å². The highest BCUT2D eigenvalue weighted by atomic mass is 16.5. The number of aromatic amines is 1. The van der Waals surface area contributed by atoms with Gasteiger partial charge in [0, 0.05) is 49.6 Å². The second-order valence-electron chi connectivity index (χ2n) is 8.81. The largest absolute Gasteiger partial charge is 0.457 e. The van der Waals surface area contributed by atoms with E-state index in [-0.39, 0.29) is 11.3 Å². The number of benzene rings is 2. The van der Waals surface area contributed by atoms with E-state index >= 15 is 0 Å². The zero-order valence-corrected chi connectivity index (χ0v) is 18.8. The number of fused-ring (bicyclic) bond motifs is 2. The SMILES string of the molecule is CNC(=O)c1cc(Oc2ccc3[nH]c(Nc4ccc5c(c4)CNCC5(C)C)nc3c2)ccn1. The average molecular weight is 443 g/mol. The number of rotatable bonds is 5. The lowest BCUT2D eigenvalue weighted by Gasteiger charge is -2.33. The van der Waals surface area contributed by atoms with Gasteiger partial charge in [-0.25, -0.2) is 4.98 Å². The van der Waals surface area contributed by atoms with Crippen LogP contribution in [0, 0.1) is 0 Å². The van der Waals surface area contributed by atoms with Gasteiger partial charge in [-0.05, 0) is 41.5 Å². The van der Waals surface area contributed by atoms with E-state index in [4.69, 9.17) is 4.74 Å². The third-order valence-electron chi connectivity index (χ3n) is 5.86. The third kappa shape index (κ3) is 4.25. The van der Waals surface area contributed by atoms with Crippen LogP contribution in [-0.2, 0) is 12.0 Å². The molecule has 0 bridgehead atoms. The molecule has 0 saturated carbocycles. The lowest BCUT2D eigenvalue weighted by molar-refractivity contribution is 0.0958. The number of hydrogen-bond acceptors (Lipinski definition) is 6. The Bertz CT molecular complexity index is 1340. The van der Waals surface area contributed by atoms with Crippen molar-refractivity contribution in [2.75, 3.05) is 18.9 Å². The minimum Gasteiger partial charge on any atom is -0.457 e. The summed E-state index contributed by atoms with van der Waals surface area (Å²) in [7, 11) is 1.57. The summed E-state index contributed by atoms with van der Waals surface area (Å²) >= 11 is 0. The smallest absolute Gasteiger partial charge is 0.269 e. The lowest BCUT2D eigenvalue weighted by Crippen LogP contribution is -2.38. The van der Waals surface area contributed by atoms with E-state index in [1.165, 1.54) is 11.1 Å². The molecule has 2 aromatic heterocycles. The molecule has 0 radical (unpaired) electrons. The predicted octanol–water partition coefficient (Wildman–Crippen LogP) is 4.23. The third-order valence-corrected chi connectivity index (χ3v) is 5.86. The Hall–Kier alpha value is -3.91. The van der Waals surface area contributed by atoms with Crippen LogP contribution < -0.4 is 20.7 Å². The van der Waals surface area contributed by atoms with E-state index in [1.54, 1.807) is 25.4 Å². The summed E-state index contributed by atoms with van der Waals surface area (Å²) in [5.74, 6) is 1.55. The van der Waals surface area contributed by atoms with Crippen molar-refractivity contribution >= 4 is 28.6 Å². The summed E-state index contributed by atoms with van der Waals surface area (Å²) < 4.78 is 5.93. The van der Waals surface area contributed by atoms with Gasteiger partial charge in [-0.1, -0.05) is 19.9 Å². The fraction of sp³-hybridized carbons (Fsp3) is 0.240. The Morgan fingerprint density at radius 1 is 1.09 bits per heavy atom. The fourth-order valence-corrected chi connectivity index (χ4v) is 4.19. The summed E-state index contributed by atoms with van der Waals surface area (Å²) in [6.07, 6.45) is 1.55. The summed E-state index contributed by atoms with van der Waals surface area (Å²) in [6.45, 7) is 6.36. The molecule has 2 aromatic carbocycles. The van der Waals surface area contributed by atoms with Crippen molar-refractivity contribution < 1.29 is 9.53 Å². The molecule has 8 heteroatoms. The van der Waals surface area contributed by atoms with Crippen molar-refractivity contribution in [1.82, 2.24) is 25.6 Å². The minimum atomic E-state index is -0.263. The van der Waals surface area contributed by atoms with Crippen LogP contribution in [0.4, 0.5) is 11.6 Å². The number of ether oxygens (including phenoxy) is 1.